The van der Waals surface area contributed by atoms with Gasteiger partial charge in [-0.25, -0.2) is 9.59 Å². The van der Waals surface area contributed by atoms with E-state index in [-0.39, 0.29) is 13.2 Å². The number of hydrogen-bond acceptors (Lipinski definition) is 10. The molecule has 0 saturated heterocycles. The van der Waals surface area contributed by atoms with Gasteiger partial charge in [-0.15, -0.1) is 0 Å². The molecular weight excluding hydrogens is 508 g/mol. The van der Waals surface area contributed by atoms with Crippen molar-refractivity contribution in [1.82, 2.24) is 0 Å². The topological polar surface area (TPSA) is 127 Å². The average molecular weight is 551 g/mol. The van der Waals surface area contributed by atoms with Crippen molar-refractivity contribution in [2.24, 2.45) is 0 Å². The predicted octanol–water partition coefficient (Wildman–Crippen LogP) is 4.95. The summed E-state index contributed by atoms with van der Waals surface area (Å²) in [4.78, 5) is 38.0. The van der Waals surface area contributed by atoms with Crippen molar-refractivity contribution in [3.05, 3.63) is 29.3 Å². The van der Waals surface area contributed by atoms with E-state index < -0.39 is 41.8 Å². The minimum Gasteiger partial charge on any atom is -0.493 e. The Hall–Kier alpha value is -3.27. The van der Waals surface area contributed by atoms with Crippen LogP contribution in [-0.4, -0.2) is 54.7 Å². The molecule has 1 aromatic rings. The Balaban J connectivity index is 2.17. The molecule has 1 aliphatic heterocycles. The summed E-state index contributed by atoms with van der Waals surface area (Å²) in [7, 11) is 1.46. The third-order valence-electron chi connectivity index (χ3n) is 6.72. The number of esters is 3. The number of benzene rings is 1. The standard InChI is InChI=1S/C29H42O10/c1-8-10-11-12-13-14-24(30)38-20(5)29(6,33)28(32)37-19(4)25(39-27(31)18(3)9-2)21-15-22(34-7)26-23(16-21)35-17-36-26/h9,15-16,19-20,25,33H,8,10-14,17H2,1-7H3/b18-9-/t19-,20-,25-,29+/m0/s1. The number of unbranched alkanes of at least 4 members (excludes halogenated alkanes) is 4. The van der Waals surface area contributed by atoms with Crippen molar-refractivity contribution >= 4 is 17.9 Å². The van der Waals surface area contributed by atoms with Gasteiger partial charge in [0.1, 0.15) is 12.2 Å². The predicted molar refractivity (Wildman–Crippen MR) is 142 cm³/mol. The van der Waals surface area contributed by atoms with E-state index in [0.717, 1.165) is 25.7 Å². The van der Waals surface area contributed by atoms with Crippen LogP contribution >= 0.6 is 0 Å². The molecule has 1 N–H and O–H groups in total. The largest absolute Gasteiger partial charge is 0.493 e. The van der Waals surface area contributed by atoms with Gasteiger partial charge < -0.3 is 33.5 Å². The van der Waals surface area contributed by atoms with Gasteiger partial charge in [-0.3, -0.25) is 4.79 Å². The number of fused-ring (bicyclic) bond motifs is 1. The highest BCUT2D eigenvalue weighted by atomic mass is 16.7. The molecule has 0 saturated carbocycles. The first-order valence-electron chi connectivity index (χ1n) is 13.4. The van der Waals surface area contributed by atoms with Crippen LogP contribution in [0.4, 0.5) is 0 Å². The summed E-state index contributed by atoms with van der Waals surface area (Å²) >= 11 is 0. The van der Waals surface area contributed by atoms with Gasteiger partial charge >= 0.3 is 17.9 Å². The zero-order chi connectivity index (χ0) is 29.2. The van der Waals surface area contributed by atoms with Crippen LogP contribution in [0.15, 0.2) is 23.8 Å². The maximum atomic E-state index is 13.1. The Morgan fingerprint density at radius 2 is 1.77 bits per heavy atom. The van der Waals surface area contributed by atoms with E-state index in [4.69, 9.17) is 28.4 Å². The van der Waals surface area contributed by atoms with Crippen LogP contribution in [0, 0.1) is 0 Å². The van der Waals surface area contributed by atoms with Gasteiger partial charge in [0.15, 0.2) is 23.2 Å². The Morgan fingerprint density at radius 1 is 1.08 bits per heavy atom. The molecule has 1 heterocycles. The molecule has 0 spiro atoms. The van der Waals surface area contributed by atoms with Crippen LogP contribution in [0.2, 0.25) is 0 Å². The van der Waals surface area contributed by atoms with Crippen LogP contribution in [0.1, 0.15) is 91.7 Å². The van der Waals surface area contributed by atoms with E-state index >= 15 is 0 Å². The number of hydrogen-bond donors (Lipinski definition) is 1. The van der Waals surface area contributed by atoms with Crippen LogP contribution in [0.25, 0.3) is 0 Å². The molecular formula is C29H42O10. The van der Waals surface area contributed by atoms with Gasteiger partial charge in [-0.2, -0.15) is 0 Å². The zero-order valence-corrected chi connectivity index (χ0v) is 24.0. The van der Waals surface area contributed by atoms with Gasteiger partial charge in [0.05, 0.1) is 7.11 Å². The molecule has 0 aromatic heterocycles. The smallest absolute Gasteiger partial charge is 0.342 e. The van der Waals surface area contributed by atoms with E-state index in [2.05, 4.69) is 6.92 Å². The van der Waals surface area contributed by atoms with Crippen molar-refractivity contribution in [3.63, 3.8) is 0 Å². The number of methoxy groups -OCH3 is 1. The minimum atomic E-state index is -2.15. The first-order valence-corrected chi connectivity index (χ1v) is 13.4. The lowest BCUT2D eigenvalue weighted by atomic mass is 9.99. The lowest BCUT2D eigenvalue weighted by Crippen LogP contribution is -2.49. The van der Waals surface area contributed by atoms with Gasteiger partial charge in [0.2, 0.25) is 12.5 Å². The molecule has 0 radical (unpaired) electrons. The molecule has 0 fully saturated rings. The van der Waals surface area contributed by atoms with Crippen molar-refractivity contribution in [1.29, 1.82) is 0 Å². The molecule has 4 atom stereocenters. The molecule has 2 rings (SSSR count). The fraction of sp³-hybridized carbons (Fsp3) is 0.621. The number of aliphatic hydroxyl groups is 1. The number of carbonyl (C=O) groups is 3. The normalized spacial score (nSPS) is 16.5. The van der Waals surface area contributed by atoms with Crippen LogP contribution in [0.3, 0.4) is 0 Å². The summed E-state index contributed by atoms with van der Waals surface area (Å²) in [5.74, 6) is -1.01. The summed E-state index contributed by atoms with van der Waals surface area (Å²) in [6.45, 7) is 9.58. The average Bonchev–Trinajstić information content (AvgIpc) is 3.39. The van der Waals surface area contributed by atoms with Gasteiger partial charge in [-0.05, 0) is 53.2 Å². The minimum absolute atomic E-state index is 0.0000366. The second-order valence-electron chi connectivity index (χ2n) is 9.81. The highest BCUT2D eigenvalue weighted by molar-refractivity contribution is 5.88. The molecule has 1 aliphatic rings. The Morgan fingerprint density at radius 3 is 2.41 bits per heavy atom. The van der Waals surface area contributed by atoms with Gasteiger partial charge in [0.25, 0.3) is 0 Å². The number of carbonyl (C=O) groups excluding carboxylic acids is 3. The number of ether oxygens (including phenoxy) is 6. The summed E-state index contributed by atoms with van der Waals surface area (Å²) in [5, 5.41) is 10.9. The zero-order valence-electron chi connectivity index (χ0n) is 24.0. The van der Waals surface area contributed by atoms with Crippen LogP contribution < -0.4 is 14.2 Å². The summed E-state index contributed by atoms with van der Waals surface area (Å²) in [6, 6.07) is 3.21. The lowest BCUT2D eigenvalue weighted by Gasteiger charge is -2.31. The summed E-state index contributed by atoms with van der Waals surface area (Å²) in [5.41, 5.74) is -1.36. The highest BCUT2D eigenvalue weighted by Gasteiger charge is 2.43. The number of allylic oxidation sites excluding steroid dienone is 1. The highest BCUT2D eigenvalue weighted by Crippen LogP contribution is 2.44. The van der Waals surface area contributed by atoms with E-state index in [9.17, 15) is 19.5 Å². The molecule has 1 aromatic carbocycles. The molecule has 0 bridgehead atoms. The Labute approximate surface area is 230 Å². The van der Waals surface area contributed by atoms with Gasteiger partial charge in [-0.1, -0.05) is 38.7 Å². The lowest BCUT2D eigenvalue weighted by molar-refractivity contribution is -0.193. The Kier molecular flexibility index (Phi) is 12.1. The second kappa shape index (κ2) is 14.8. The first-order chi connectivity index (χ1) is 18.5. The molecule has 0 aliphatic carbocycles. The monoisotopic (exact) mass is 550 g/mol. The fourth-order valence-corrected chi connectivity index (χ4v) is 3.83. The molecule has 218 valence electrons. The first kappa shape index (κ1) is 31.9. The third kappa shape index (κ3) is 8.61. The summed E-state index contributed by atoms with van der Waals surface area (Å²) < 4.78 is 32.9. The Bertz CT molecular complexity index is 1030. The van der Waals surface area contributed by atoms with E-state index in [1.807, 2.05) is 0 Å². The van der Waals surface area contributed by atoms with E-state index in [1.165, 1.54) is 27.9 Å². The van der Waals surface area contributed by atoms with Crippen LogP contribution in [-0.2, 0) is 28.6 Å². The maximum absolute atomic E-state index is 13.1. The fourth-order valence-electron chi connectivity index (χ4n) is 3.83. The maximum Gasteiger partial charge on any atom is 0.342 e. The second-order valence-corrected chi connectivity index (χ2v) is 9.81. The molecule has 39 heavy (non-hydrogen) atoms. The van der Waals surface area contributed by atoms with Crippen molar-refractivity contribution in [3.8, 4) is 17.2 Å². The quantitative estimate of drug-likeness (QED) is 0.139. The SMILES string of the molecule is C/C=C(/C)C(=O)O[C@H](c1cc(OC)c2c(c1)OCO2)[C@H](C)OC(=O)[C@](C)(O)[C@H](C)OC(=O)CCCCCCC. The van der Waals surface area contributed by atoms with Crippen molar-refractivity contribution < 1.29 is 47.9 Å². The van der Waals surface area contributed by atoms with Crippen molar-refractivity contribution in [2.75, 3.05) is 13.9 Å². The number of rotatable bonds is 15. The van der Waals surface area contributed by atoms with Gasteiger partial charge in [0, 0.05) is 17.6 Å². The third-order valence-corrected chi connectivity index (χ3v) is 6.72. The van der Waals surface area contributed by atoms with Crippen LogP contribution in [0.5, 0.6) is 17.2 Å². The molecule has 10 heteroatoms. The molecule has 10 nitrogen and oxygen atoms in total. The van der Waals surface area contributed by atoms with E-state index in [1.54, 1.807) is 32.1 Å². The van der Waals surface area contributed by atoms with E-state index in [0.29, 0.717) is 34.8 Å². The molecule has 0 amide bonds. The van der Waals surface area contributed by atoms with Crippen molar-refractivity contribution in [2.45, 2.75) is 104 Å². The molecule has 0 unspecified atom stereocenters. The summed E-state index contributed by atoms with van der Waals surface area (Å²) in [6.07, 6.45) is 3.31.